The quantitative estimate of drug-likeness (QED) is 0.502. The molecule has 0 spiro atoms. The fourth-order valence-electron chi connectivity index (χ4n) is 2.66. The Morgan fingerprint density at radius 3 is 2.32 bits per heavy atom. The first-order valence-corrected chi connectivity index (χ1v) is 8.21. The van der Waals surface area contributed by atoms with Crippen LogP contribution in [0.5, 0.6) is 0 Å². The molecule has 142 valence electrons. The predicted molar refractivity (Wildman–Crippen MR) is 94.7 cm³/mol. The van der Waals surface area contributed by atoms with Gasteiger partial charge in [-0.3, -0.25) is 0 Å². The molecule has 0 radical (unpaired) electrons. The van der Waals surface area contributed by atoms with E-state index < -0.39 is 11.7 Å². The third-order valence-corrected chi connectivity index (χ3v) is 4.01. The van der Waals surface area contributed by atoms with Gasteiger partial charge in [0.1, 0.15) is 17.0 Å². The van der Waals surface area contributed by atoms with Crippen molar-refractivity contribution in [3.8, 4) is 22.7 Å². The molecule has 4 aromatic rings. The summed E-state index contributed by atoms with van der Waals surface area (Å²) in [5, 5.41) is 14.9. The summed E-state index contributed by atoms with van der Waals surface area (Å²) in [4.78, 5) is 0. The van der Waals surface area contributed by atoms with Crippen molar-refractivity contribution < 1.29 is 22.1 Å². The second-order valence-electron chi connectivity index (χ2n) is 5.94. The monoisotopic (exact) mass is 386 g/mol. The van der Waals surface area contributed by atoms with Crippen LogP contribution in [0.2, 0.25) is 0 Å². The van der Waals surface area contributed by atoms with Crippen molar-refractivity contribution in [3.63, 3.8) is 0 Å². The molecule has 4 rings (SSSR count). The van der Waals surface area contributed by atoms with Gasteiger partial charge in [-0.05, 0) is 31.2 Å². The highest BCUT2D eigenvalue weighted by molar-refractivity contribution is 5.78. The molecule has 0 amide bonds. The lowest BCUT2D eigenvalue weighted by atomic mass is 10.0. The van der Waals surface area contributed by atoms with E-state index in [4.69, 9.17) is 8.94 Å². The third kappa shape index (κ3) is 3.46. The lowest BCUT2D eigenvalue weighted by Gasteiger charge is -2.06. The number of hydrogen-bond donors (Lipinski definition) is 1. The summed E-state index contributed by atoms with van der Waals surface area (Å²) >= 11 is 0. The molecular weight excluding hydrogens is 373 g/mol. The molecule has 28 heavy (non-hydrogen) atoms. The Morgan fingerprint density at radius 2 is 1.64 bits per heavy atom. The minimum Gasteiger partial charge on any atom is -0.403 e. The number of aromatic nitrogens is 3. The average molecular weight is 386 g/mol. The van der Waals surface area contributed by atoms with Crippen LogP contribution in [0.3, 0.4) is 0 Å². The second kappa shape index (κ2) is 6.84. The van der Waals surface area contributed by atoms with Crippen LogP contribution in [0, 0.1) is 6.92 Å². The van der Waals surface area contributed by atoms with Crippen LogP contribution in [0.25, 0.3) is 22.7 Å². The van der Waals surface area contributed by atoms with Gasteiger partial charge in [-0.1, -0.05) is 40.6 Å². The maximum atomic E-state index is 12.8. The van der Waals surface area contributed by atoms with E-state index in [-0.39, 0.29) is 11.9 Å². The van der Waals surface area contributed by atoms with E-state index in [0.717, 1.165) is 17.8 Å². The van der Waals surface area contributed by atoms with Crippen LogP contribution >= 0.6 is 0 Å². The molecule has 6 nitrogen and oxygen atoms in total. The summed E-state index contributed by atoms with van der Waals surface area (Å²) in [6.07, 6.45) is -4.41. The summed E-state index contributed by atoms with van der Waals surface area (Å²) in [5.41, 5.74) is 1.21. The van der Waals surface area contributed by atoms with E-state index in [2.05, 4.69) is 20.7 Å². The highest BCUT2D eigenvalue weighted by atomic mass is 19.4. The summed E-state index contributed by atoms with van der Waals surface area (Å²) in [7, 11) is 0. The molecule has 0 saturated heterocycles. The van der Waals surface area contributed by atoms with Crippen LogP contribution in [0.4, 0.5) is 24.9 Å². The first-order chi connectivity index (χ1) is 13.4. The van der Waals surface area contributed by atoms with Crippen LogP contribution < -0.4 is 5.32 Å². The Kier molecular flexibility index (Phi) is 4.34. The second-order valence-corrected chi connectivity index (χ2v) is 5.94. The number of para-hydroxylation sites is 1. The molecular formula is C19H13F3N4O2. The Bertz CT molecular complexity index is 1090. The smallest absolute Gasteiger partial charge is 0.403 e. The molecule has 0 bridgehead atoms. The van der Waals surface area contributed by atoms with E-state index in [1.54, 1.807) is 6.92 Å². The van der Waals surface area contributed by atoms with Crippen LogP contribution in [0.15, 0.2) is 63.5 Å². The molecule has 0 aliphatic rings. The number of rotatable bonds is 4. The van der Waals surface area contributed by atoms with E-state index in [9.17, 15) is 13.2 Å². The van der Waals surface area contributed by atoms with E-state index in [0.29, 0.717) is 22.6 Å². The molecule has 0 atom stereocenters. The fourth-order valence-corrected chi connectivity index (χ4v) is 2.66. The summed E-state index contributed by atoms with van der Waals surface area (Å²) in [6, 6.07) is 14.0. The van der Waals surface area contributed by atoms with Gasteiger partial charge in [-0.2, -0.15) is 13.2 Å². The van der Waals surface area contributed by atoms with Crippen LogP contribution in [-0.2, 0) is 6.18 Å². The van der Waals surface area contributed by atoms with Gasteiger partial charge >= 0.3 is 12.2 Å². The lowest BCUT2D eigenvalue weighted by Crippen LogP contribution is -2.04. The third-order valence-electron chi connectivity index (χ3n) is 4.01. The molecule has 2 aromatic heterocycles. The zero-order chi connectivity index (χ0) is 19.7. The minimum atomic E-state index is -4.41. The Hall–Kier alpha value is -3.62. The van der Waals surface area contributed by atoms with Gasteiger partial charge in [-0.25, -0.2) is 0 Å². The number of aryl methyl sites for hydroxylation is 1. The first-order valence-electron chi connectivity index (χ1n) is 8.21. The molecule has 9 heteroatoms. The molecule has 0 aliphatic carbocycles. The van der Waals surface area contributed by atoms with Gasteiger partial charge in [0, 0.05) is 11.3 Å². The fraction of sp³-hybridized carbons (Fsp3) is 0.105. The number of alkyl halides is 3. The first kappa shape index (κ1) is 17.8. The van der Waals surface area contributed by atoms with Crippen LogP contribution in [-0.4, -0.2) is 15.4 Å². The summed E-state index contributed by atoms with van der Waals surface area (Å²) < 4.78 is 49.2. The summed E-state index contributed by atoms with van der Waals surface area (Å²) in [6.45, 7) is 1.66. The largest absolute Gasteiger partial charge is 0.416 e. The molecule has 2 heterocycles. The van der Waals surface area contributed by atoms with Gasteiger partial charge in [0.25, 0.3) is 5.89 Å². The van der Waals surface area contributed by atoms with Crippen molar-refractivity contribution in [3.05, 3.63) is 65.9 Å². The van der Waals surface area contributed by atoms with Crippen molar-refractivity contribution >= 4 is 11.7 Å². The number of benzene rings is 2. The topological polar surface area (TPSA) is 77.0 Å². The standard InChI is InChI=1S/C19H13F3N4O2/c1-11-15(17-24-25-18(27-17)23-14-5-3-2-4-6-14)16(26-28-11)12-7-9-13(10-8-12)19(20,21)22/h2-10H,1H3,(H,23,25). The maximum Gasteiger partial charge on any atom is 0.416 e. The number of nitrogens with one attached hydrogen (secondary N) is 1. The van der Waals surface area contributed by atoms with Crippen molar-refractivity contribution in [1.82, 2.24) is 15.4 Å². The molecule has 0 fully saturated rings. The summed E-state index contributed by atoms with van der Waals surface area (Å²) in [5.74, 6) is 0.553. The average Bonchev–Trinajstić information content (AvgIpc) is 3.28. The van der Waals surface area contributed by atoms with Crippen molar-refractivity contribution in [1.29, 1.82) is 0 Å². The molecule has 2 aromatic carbocycles. The molecule has 0 aliphatic heterocycles. The Balaban J connectivity index is 1.66. The highest BCUT2D eigenvalue weighted by Gasteiger charge is 2.30. The molecule has 1 N–H and O–H groups in total. The van der Waals surface area contributed by atoms with Crippen molar-refractivity contribution in [2.75, 3.05) is 5.32 Å². The normalized spacial score (nSPS) is 11.6. The molecule has 0 unspecified atom stereocenters. The number of halogens is 3. The van der Waals surface area contributed by atoms with Crippen molar-refractivity contribution in [2.45, 2.75) is 13.1 Å². The van der Waals surface area contributed by atoms with Gasteiger partial charge in [0.15, 0.2) is 0 Å². The highest BCUT2D eigenvalue weighted by Crippen LogP contribution is 2.36. The van der Waals surface area contributed by atoms with Crippen LogP contribution in [0.1, 0.15) is 11.3 Å². The lowest BCUT2D eigenvalue weighted by molar-refractivity contribution is -0.137. The van der Waals surface area contributed by atoms with E-state index in [1.165, 1.54) is 12.1 Å². The predicted octanol–water partition coefficient (Wildman–Crippen LogP) is 5.46. The number of nitrogens with zero attached hydrogens (tertiary/aromatic N) is 3. The van der Waals surface area contributed by atoms with E-state index >= 15 is 0 Å². The van der Waals surface area contributed by atoms with Crippen molar-refractivity contribution in [2.24, 2.45) is 0 Å². The zero-order valence-corrected chi connectivity index (χ0v) is 14.5. The zero-order valence-electron chi connectivity index (χ0n) is 14.5. The molecule has 0 saturated carbocycles. The van der Waals surface area contributed by atoms with Gasteiger partial charge in [0.05, 0.1) is 5.56 Å². The Labute approximate surface area is 157 Å². The SMILES string of the molecule is Cc1onc(-c2ccc(C(F)(F)F)cc2)c1-c1nnc(Nc2ccccc2)o1. The minimum absolute atomic E-state index is 0.145. The van der Waals surface area contributed by atoms with E-state index in [1.807, 2.05) is 30.3 Å². The number of anilines is 2. The number of hydrogen-bond acceptors (Lipinski definition) is 6. The van der Waals surface area contributed by atoms with Gasteiger partial charge in [-0.15, -0.1) is 5.10 Å². The maximum absolute atomic E-state index is 12.8. The van der Waals surface area contributed by atoms with Gasteiger partial charge in [0.2, 0.25) is 0 Å². The Morgan fingerprint density at radius 1 is 0.929 bits per heavy atom. The van der Waals surface area contributed by atoms with Gasteiger partial charge < -0.3 is 14.3 Å².